The quantitative estimate of drug-likeness (QED) is 0.816. The van der Waals surface area contributed by atoms with Gasteiger partial charge in [0, 0.05) is 31.7 Å². The lowest BCUT2D eigenvalue weighted by molar-refractivity contribution is 0.0322. The van der Waals surface area contributed by atoms with E-state index in [9.17, 15) is 0 Å². The molecule has 0 aromatic carbocycles. The Morgan fingerprint density at radius 3 is 2.89 bits per heavy atom. The number of rotatable bonds is 6. The fourth-order valence-corrected chi connectivity index (χ4v) is 2.15. The van der Waals surface area contributed by atoms with Gasteiger partial charge in [-0.15, -0.1) is 0 Å². The number of aryl methyl sites for hydroxylation is 1. The van der Waals surface area contributed by atoms with Gasteiger partial charge in [0.2, 0.25) is 0 Å². The molecule has 1 aliphatic heterocycles. The fourth-order valence-electron chi connectivity index (χ4n) is 2.15. The molecule has 1 aromatic heterocycles. The highest BCUT2D eigenvalue weighted by Gasteiger charge is 2.11. The van der Waals surface area contributed by atoms with Gasteiger partial charge in [0.15, 0.2) is 0 Å². The van der Waals surface area contributed by atoms with Gasteiger partial charge < -0.3 is 15.2 Å². The summed E-state index contributed by atoms with van der Waals surface area (Å²) < 4.78 is 11.2. The van der Waals surface area contributed by atoms with E-state index in [1.54, 1.807) is 0 Å². The zero-order chi connectivity index (χ0) is 13.5. The Labute approximate surface area is 114 Å². The molecule has 0 atom stereocenters. The molecule has 1 fully saturated rings. The topological polar surface area (TPSA) is 60.6 Å². The molecule has 19 heavy (non-hydrogen) atoms. The third-order valence-corrected chi connectivity index (χ3v) is 3.22. The molecule has 1 saturated heterocycles. The Hall–Kier alpha value is -1.17. The molecule has 1 aromatic rings. The zero-order valence-electron chi connectivity index (χ0n) is 11.6. The van der Waals surface area contributed by atoms with E-state index in [-0.39, 0.29) is 0 Å². The van der Waals surface area contributed by atoms with Crippen LogP contribution in [0.15, 0.2) is 12.1 Å². The lowest BCUT2D eigenvalue weighted by atomic mass is 10.2. The Morgan fingerprint density at radius 1 is 1.37 bits per heavy atom. The average molecular weight is 265 g/mol. The number of nitrogens with zero attached hydrogens (tertiary/aromatic N) is 2. The minimum absolute atomic E-state index is 0.594. The number of hydrogen-bond acceptors (Lipinski definition) is 5. The van der Waals surface area contributed by atoms with E-state index in [0.29, 0.717) is 13.2 Å². The first-order valence-electron chi connectivity index (χ1n) is 6.89. The van der Waals surface area contributed by atoms with Crippen molar-refractivity contribution >= 4 is 0 Å². The number of pyridine rings is 1. The first-order valence-corrected chi connectivity index (χ1v) is 6.89. The van der Waals surface area contributed by atoms with Crippen molar-refractivity contribution < 1.29 is 9.47 Å². The standard InChI is InChI=1S/C14H23N3O2/c1-12-2-3-14(13(16-12)4-5-15)19-11-8-17-6-9-18-10-7-17/h2-3H,4-11,15H2,1H3. The van der Waals surface area contributed by atoms with Crippen molar-refractivity contribution in [2.75, 3.05) is 46.0 Å². The van der Waals surface area contributed by atoms with Gasteiger partial charge in [0.1, 0.15) is 12.4 Å². The van der Waals surface area contributed by atoms with Gasteiger partial charge in [-0.3, -0.25) is 9.88 Å². The molecule has 5 heteroatoms. The minimum Gasteiger partial charge on any atom is -0.490 e. The molecule has 1 aliphatic rings. The van der Waals surface area contributed by atoms with Crippen LogP contribution in [0.4, 0.5) is 0 Å². The molecule has 0 amide bonds. The van der Waals surface area contributed by atoms with Crippen molar-refractivity contribution in [3.8, 4) is 5.75 Å². The lowest BCUT2D eigenvalue weighted by Crippen LogP contribution is -2.38. The molecule has 0 bridgehead atoms. The molecule has 106 valence electrons. The van der Waals surface area contributed by atoms with Crippen molar-refractivity contribution in [2.24, 2.45) is 5.73 Å². The van der Waals surface area contributed by atoms with Gasteiger partial charge in [-0.05, 0) is 25.6 Å². The van der Waals surface area contributed by atoms with Crippen LogP contribution >= 0.6 is 0 Å². The molecule has 0 spiro atoms. The largest absolute Gasteiger partial charge is 0.490 e. The van der Waals surface area contributed by atoms with Crippen LogP contribution in [0.5, 0.6) is 5.75 Å². The second-order valence-corrected chi connectivity index (χ2v) is 4.74. The summed E-state index contributed by atoms with van der Waals surface area (Å²) in [6.45, 7) is 7.82. The summed E-state index contributed by atoms with van der Waals surface area (Å²) in [5.41, 5.74) is 7.57. The van der Waals surface area contributed by atoms with Crippen LogP contribution in [-0.4, -0.2) is 55.9 Å². The van der Waals surface area contributed by atoms with E-state index in [2.05, 4.69) is 9.88 Å². The SMILES string of the molecule is Cc1ccc(OCCN2CCOCC2)c(CCN)n1. The van der Waals surface area contributed by atoms with Crippen LogP contribution in [-0.2, 0) is 11.2 Å². The number of hydrogen-bond donors (Lipinski definition) is 1. The lowest BCUT2D eigenvalue weighted by Gasteiger charge is -2.26. The normalized spacial score (nSPS) is 16.5. The van der Waals surface area contributed by atoms with Crippen molar-refractivity contribution in [1.82, 2.24) is 9.88 Å². The van der Waals surface area contributed by atoms with Gasteiger partial charge in [-0.1, -0.05) is 0 Å². The summed E-state index contributed by atoms with van der Waals surface area (Å²) in [6.07, 6.45) is 0.758. The monoisotopic (exact) mass is 265 g/mol. The number of nitrogens with two attached hydrogens (primary N) is 1. The Bertz CT molecular complexity index is 392. The maximum Gasteiger partial charge on any atom is 0.140 e. The Kier molecular flexibility index (Phi) is 5.57. The second kappa shape index (κ2) is 7.43. The molecule has 0 radical (unpaired) electrons. The van der Waals surface area contributed by atoms with E-state index in [4.69, 9.17) is 15.2 Å². The predicted molar refractivity (Wildman–Crippen MR) is 74.5 cm³/mol. The fraction of sp³-hybridized carbons (Fsp3) is 0.643. The first-order chi connectivity index (χ1) is 9.29. The highest BCUT2D eigenvalue weighted by atomic mass is 16.5. The van der Waals surface area contributed by atoms with Crippen LogP contribution in [0.3, 0.4) is 0 Å². The van der Waals surface area contributed by atoms with Crippen molar-refractivity contribution in [3.05, 3.63) is 23.5 Å². The molecule has 2 rings (SSSR count). The third kappa shape index (κ3) is 4.45. The molecule has 2 N–H and O–H groups in total. The van der Waals surface area contributed by atoms with Crippen molar-refractivity contribution in [3.63, 3.8) is 0 Å². The van der Waals surface area contributed by atoms with Crippen molar-refractivity contribution in [2.45, 2.75) is 13.3 Å². The second-order valence-electron chi connectivity index (χ2n) is 4.74. The molecule has 5 nitrogen and oxygen atoms in total. The summed E-state index contributed by atoms with van der Waals surface area (Å²) in [4.78, 5) is 6.84. The molecule has 2 heterocycles. The van der Waals surface area contributed by atoms with Gasteiger partial charge >= 0.3 is 0 Å². The van der Waals surface area contributed by atoms with Crippen LogP contribution < -0.4 is 10.5 Å². The molecular weight excluding hydrogens is 242 g/mol. The van der Waals surface area contributed by atoms with Crippen LogP contribution in [0.2, 0.25) is 0 Å². The number of ether oxygens (including phenoxy) is 2. The highest BCUT2D eigenvalue weighted by molar-refractivity contribution is 5.29. The van der Waals surface area contributed by atoms with E-state index < -0.39 is 0 Å². The maximum absolute atomic E-state index is 5.85. The van der Waals surface area contributed by atoms with Crippen LogP contribution in [0.1, 0.15) is 11.4 Å². The molecule has 0 unspecified atom stereocenters. The van der Waals surface area contributed by atoms with E-state index in [0.717, 1.165) is 56.4 Å². The summed E-state index contributed by atoms with van der Waals surface area (Å²) >= 11 is 0. The van der Waals surface area contributed by atoms with Gasteiger partial charge in [0.25, 0.3) is 0 Å². The first kappa shape index (κ1) is 14.2. The zero-order valence-corrected chi connectivity index (χ0v) is 11.6. The van der Waals surface area contributed by atoms with E-state index in [1.807, 2.05) is 19.1 Å². The Morgan fingerprint density at radius 2 is 2.16 bits per heavy atom. The van der Waals surface area contributed by atoms with Gasteiger partial charge in [-0.2, -0.15) is 0 Å². The summed E-state index contributed by atoms with van der Waals surface area (Å²) in [5, 5.41) is 0. The van der Waals surface area contributed by atoms with E-state index in [1.165, 1.54) is 0 Å². The van der Waals surface area contributed by atoms with Gasteiger partial charge in [-0.25, -0.2) is 0 Å². The van der Waals surface area contributed by atoms with Gasteiger partial charge in [0.05, 0.1) is 18.9 Å². The van der Waals surface area contributed by atoms with Crippen LogP contribution in [0, 0.1) is 6.92 Å². The summed E-state index contributed by atoms with van der Waals surface area (Å²) in [5.74, 6) is 0.865. The smallest absolute Gasteiger partial charge is 0.140 e. The van der Waals surface area contributed by atoms with E-state index >= 15 is 0 Å². The average Bonchev–Trinajstić information content (AvgIpc) is 2.43. The molecule has 0 saturated carbocycles. The maximum atomic E-state index is 5.85. The van der Waals surface area contributed by atoms with Crippen molar-refractivity contribution in [1.29, 1.82) is 0 Å². The predicted octanol–water partition coefficient (Wildman–Crippen LogP) is 0.602. The van der Waals surface area contributed by atoms with Crippen LogP contribution in [0.25, 0.3) is 0 Å². The third-order valence-electron chi connectivity index (χ3n) is 3.22. The number of morpholine rings is 1. The molecular formula is C14H23N3O2. The number of aromatic nitrogens is 1. The Balaban J connectivity index is 1.84. The summed E-state index contributed by atoms with van der Waals surface area (Å²) in [7, 11) is 0. The molecule has 0 aliphatic carbocycles. The minimum atomic E-state index is 0.594. The summed E-state index contributed by atoms with van der Waals surface area (Å²) in [6, 6.07) is 3.97. The highest BCUT2D eigenvalue weighted by Crippen LogP contribution is 2.17.